The fourth-order valence-electron chi connectivity index (χ4n) is 2.51. The number of thioether (sulfide) groups is 1. The van der Waals surface area contributed by atoms with Crippen molar-refractivity contribution in [2.75, 3.05) is 18.6 Å². The smallest absolute Gasteiger partial charge is 0.326 e. The highest BCUT2D eigenvalue weighted by Crippen LogP contribution is 2.04. The average Bonchev–Trinajstić information content (AvgIpc) is 2.72. The van der Waals surface area contributed by atoms with E-state index < -0.39 is 60.2 Å². The molecule has 0 aromatic heterocycles. The highest BCUT2D eigenvalue weighted by molar-refractivity contribution is 7.98. The van der Waals surface area contributed by atoms with Gasteiger partial charge in [-0.25, -0.2) is 4.79 Å². The Bertz CT molecular complexity index is 731. The van der Waals surface area contributed by atoms with Crippen molar-refractivity contribution in [3.05, 3.63) is 0 Å². The molecule has 15 heteroatoms. The summed E-state index contributed by atoms with van der Waals surface area (Å²) in [6, 6.07) is -4.54. The number of carboxylic acids is 1. The largest absolute Gasteiger partial charge is 0.480 e. The van der Waals surface area contributed by atoms with Crippen LogP contribution in [0.4, 0.5) is 0 Å². The van der Waals surface area contributed by atoms with E-state index in [2.05, 4.69) is 20.9 Å². The molecule has 4 amide bonds. The molecule has 14 nitrogen and oxygen atoms in total. The lowest BCUT2D eigenvalue weighted by atomic mass is 10.1. The Morgan fingerprint density at radius 1 is 0.939 bits per heavy atom. The number of primary amides is 1. The van der Waals surface area contributed by atoms with Gasteiger partial charge in [0.2, 0.25) is 23.6 Å². The number of carboxylic acid groups (broad SMARTS) is 1. The van der Waals surface area contributed by atoms with E-state index in [9.17, 15) is 24.0 Å². The third-order valence-corrected chi connectivity index (χ3v) is 4.96. The van der Waals surface area contributed by atoms with Gasteiger partial charge in [-0.15, -0.1) is 0 Å². The van der Waals surface area contributed by atoms with E-state index in [1.165, 1.54) is 18.7 Å². The van der Waals surface area contributed by atoms with Gasteiger partial charge in [0.25, 0.3) is 0 Å². The number of hydrogen-bond acceptors (Lipinski definition) is 8. The van der Waals surface area contributed by atoms with E-state index in [-0.39, 0.29) is 18.8 Å². The van der Waals surface area contributed by atoms with Crippen molar-refractivity contribution in [2.24, 2.45) is 27.9 Å². The van der Waals surface area contributed by atoms with E-state index in [1.54, 1.807) is 0 Å². The van der Waals surface area contributed by atoms with Gasteiger partial charge >= 0.3 is 5.97 Å². The molecule has 33 heavy (non-hydrogen) atoms. The summed E-state index contributed by atoms with van der Waals surface area (Å²) in [6.45, 7) is 1.64. The van der Waals surface area contributed by atoms with Gasteiger partial charge < -0.3 is 44.0 Å². The van der Waals surface area contributed by atoms with Gasteiger partial charge in [0.05, 0.1) is 12.5 Å². The van der Waals surface area contributed by atoms with Crippen molar-refractivity contribution >= 4 is 47.3 Å². The highest BCUT2D eigenvalue weighted by Gasteiger charge is 2.28. The molecule has 0 fully saturated rings. The Labute approximate surface area is 196 Å². The Morgan fingerprint density at radius 2 is 1.55 bits per heavy atom. The Kier molecular flexibility index (Phi) is 14.2. The van der Waals surface area contributed by atoms with E-state index >= 15 is 0 Å². The quantitative estimate of drug-likeness (QED) is 0.0602. The maximum atomic E-state index is 12.7. The van der Waals surface area contributed by atoms with Crippen LogP contribution in [0.2, 0.25) is 0 Å². The molecule has 4 atom stereocenters. The molecule has 0 radical (unpaired) electrons. The second-order valence-electron chi connectivity index (χ2n) is 7.20. The van der Waals surface area contributed by atoms with Gasteiger partial charge in [0.15, 0.2) is 5.96 Å². The van der Waals surface area contributed by atoms with E-state index in [4.69, 9.17) is 28.0 Å². The number of carbonyl (C=O) groups is 5. The van der Waals surface area contributed by atoms with Crippen LogP contribution in [0.15, 0.2) is 4.99 Å². The van der Waals surface area contributed by atoms with E-state index in [0.29, 0.717) is 18.7 Å². The summed E-state index contributed by atoms with van der Waals surface area (Å²) in [6.07, 6.45) is 2.24. The Hall–Kier alpha value is -3.07. The first kappa shape index (κ1) is 29.9. The van der Waals surface area contributed by atoms with Crippen molar-refractivity contribution in [1.29, 1.82) is 0 Å². The number of aliphatic imine (C=N–C) groups is 1. The van der Waals surface area contributed by atoms with Crippen molar-refractivity contribution in [1.82, 2.24) is 16.0 Å². The summed E-state index contributed by atoms with van der Waals surface area (Å²) in [4.78, 5) is 63.2. The predicted octanol–water partition coefficient (Wildman–Crippen LogP) is -3.45. The number of nitrogens with zero attached hydrogens (tertiary/aromatic N) is 1. The first-order valence-electron chi connectivity index (χ1n) is 10.1. The number of nitrogens with two attached hydrogens (primary N) is 4. The van der Waals surface area contributed by atoms with Crippen LogP contribution >= 0.6 is 11.8 Å². The summed E-state index contributed by atoms with van der Waals surface area (Å²) in [7, 11) is 0. The van der Waals surface area contributed by atoms with Gasteiger partial charge in [0.1, 0.15) is 18.1 Å². The fourth-order valence-corrected chi connectivity index (χ4v) is 2.98. The predicted molar refractivity (Wildman–Crippen MR) is 124 cm³/mol. The number of hydrogen-bond donors (Lipinski definition) is 8. The van der Waals surface area contributed by atoms with Crippen molar-refractivity contribution in [2.45, 2.75) is 56.8 Å². The van der Waals surface area contributed by atoms with Crippen LogP contribution in [0.25, 0.3) is 0 Å². The maximum Gasteiger partial charge on any atom is 0.326 e. The first-order valence-corrected chi connectivity index (χ1v) is 11.5. The highest BCUT2D eigenvalue weighted by atomic mass is 32.2. The molecule has 0 bridgehead atoms. The standard InChI is InChI=1S/C18H34N8O6S/c1-9(14(28)26-12(17(31)32)8-13(20)27)24-16(30)11(5-7-33-2)25-15(29)10(19)4-3-6-23-18(21)22/h9-12H,3-8,19H2,1-2H3,(H2,20,27)(H,24,30)(H,25,29)(H,26,28)(H,31,32)(H4,21,22,23). The van der Waals surface area contributed by atoms with Crippen LogP contribution in [-0.2, 0) is 24.0 Å². The Balaban J connectivity index is 4.97. The average molecular weight is 491 g/mol. The SMILES string of the molecule is CSCCC(NC(=O)C(N)CCCN=C(N)N)C(=O)NC(C)C(=O)NC(CC(N)=O)C(=O)O. The Morgan fingerprint density at radius 3 is 2.06 bits per heavy atom. The molecule has 0 heterocycles. The van der Waals surface area contributed by atoms with Crippen LogP contribution in [0, 0.1) is 0 Å². The van der Waals surface area contributed by atoms with Gasteiger partial charge in [-0.3, -0.25) is 24.2 Å². The second kappa shape index (κ2) is 15.7. The minimum atomic E-state index is -1.53. The second-order valence-corrected chi connectivity index (χ2v) is 8.18. The molecule has 0 saturated carbocycles. The molecule has 188 valence electrons. The third kappa shape index (κ3) is 13.2. The number of aliphatic carboxylic acids is 1. The molecular formula is C18H34N8O6S. The summed E-state index contributed by atoms with van der Waals surface area (Å²) in [5.41, 5.74) is 21.3. The number of carbonyl (C=O) groups excluding carboxylic acids is 4. The van der Waals surface area contributed by atoms with E-state index in [1.807, 2.05) is 6.26 Å². The normalized spacial score (nSPS) is 14.2. The molecule has 0 rings (SSSR count). The zero-order valence-electron chi connectivity index (χ0n) is 18.7. The summed E-state index contributed by atoms with van der Waals surface area (Å²) < 4.78 is 0. The van der Waals surface area contributed by atoms with E-state index in [0.717, 1.165) is 0 Å². The van der Waals surface area contributed by atoms with Gasteiger partial charge in [-0.2, -0.15) is 11.8 Å². The van der Waals surface area contributed by atoms with Gasteiger partial charge in [0, 0.05) is 6.54 Å². The lowest BCUT2D eigenvalue weighted by Gasteiger charge is -2.23. The molecule has 0 spiro atoms. The van der Waals surface area contributed by atoms with Crippen LogP contribution < -0.4 is 38.9 Å². The molecule has 0 aromatic rings. The molecule has 0 saturated heterocycles. The van der Waals surface area contributed by atoms with Crippen LogP contribution in [0.1, 0.15) is 32.6 Å². The number of nitrogens with one attached hydrogen (secondary N) is 3. The topological polar surface area (TPSA) is 258 Å². The van der Waals surface area contributed by atoms with Crippen LogP contribution in [0.3, 0.4) is 0 Å². The molecular weight excluding hydrogens is 456 g/mol. The summed E-state index contributed by atoms with van der Waals surface area (Å²) >= 11 is 1.46. The molecule has 4 unspecified atom stereocenters. The molecule has 0 aliphatic carbocycles. The maximum absolute atomic E-state index is 12.7. The molecule has 12 N–H and O–H groups in total. The number of rotatable bonds is 16. The minimum absolute atomic E-state index is 0.0655. The molecule has 0 aromatic carbocycles. The van der Waals surface area contributed by atoms with Gasteiger partial charge in [-0.05, 0) is 38.2 Å². The summed E-state index contributed by atoms with van der Waals surface area (Å²) in [5, 5.41) is 16.2. The zero-order chi connectivity index (χ0) is 25.6. The molecule has 0 aliphatic heterocycles. The lowest BCUT2D eigenvalue weighted by Crippen LogP contribution is -2.56. The minimum Gasteiger partial charge on any atom is -0.480 e. The first-order chi connectivity index (χ1) is 15.4. The van der Waals surface area contributed by atoms with Crippen LogP contribution in [0.5, 0.6) is 0 Å². The van der Waals surface area contributed by atoms with Crippen molar-refractivity contribution < 1.29 is 29.1 Å². The van der Waals surface area contributed by atoms with Crippen molar-refractivity contribution in [3.8, 4) is 0 Å². The van der Waals surface area contributed by atoms with Crippen LogP contribution in [-0.4, -0.2) is 83.4 Å². The van der Waals surface area contributed by atoms with Gasteiger partial charge in [-0.1, -0.05) is 0 Å². The lowest BCUT2D eigenvalue weighted by molar-refractivity contribution is -0.143. The monoisotopic (exact) mass is 490 g/mol. The fraction of sp³-hybridized carbons (Fsp3) is 0.667. The summed E-state index contributed by atoms with van der Waals surface area (Å²) in [5.74, 6) is -3.90. The third-order valence-electron chi connectivity index (χ3n) is 4.32. The number of amides is 4. The molecule has 0 aliphatic rings. The van der Waals surface area contributed by atoms with Crippen molar-refractivity contribution in [3.63, 3.8) is 0 Å². The zero-order valence-corrected chi connectivity index (χ0v) is 19.5. The number of guanidine groups is 1.